The lowest BCUT2D eigenvalue weighted by molar-refractivity contribution is 0.213. The molecule has 84 valence electrons. The van der Waals surface area contributed by atoms with Gasteiger partial charge in [0.1, 0.15) is 0 Å². The van der Waals surface area contributed by atoms with Gasteiger partial charge in [-0.05, 0) is 33.4 Å². The van der Waals surface area contributed by atoms with Crippen molar-refractivity contribution in [3.8, 4) is 0 Å². The zero-order chi connectivity index (χ0) is 10.7. The van der Waals surface area contributed by atoms with Crippen molar-refractivity contribution >= 4 is 0 Å². The minimum atomic E-state index is 0.653. The summed E-state index contributed by atoms with van der Waals surface area (Å²) in [5.74, 6) is 0.982. The van der Waals surface area contributed by atoms with Crippen molar-refractivity contribution in [2.24, 2.45) is 0 Å². The third-order valence-electron chi connectivity index (χ3n) is 2.97. The van der Waals surface area contributed by atoms with E-state index >= 15 is 0 Å². The van der Waals surface area contributed by atoms with Gasteiger partial charge in [-0.15, -0.1) is 0 Å². The standard InChI is InChI=1S/C11H19N3O/c1-9-6-11(15-13-9)8-14-5-3-4-10(14)7-12-2/h6,10,12H,3-5,7-8H2,1-2H3. The number of likely N-dealkylation sites (tertiary alicyclic amines) is 1. The van der Waals surface area contributed by atoms with E-state index in [-0.39, 0.29) is 0 Å². The van der Waals surface area contributed by atoms with Crippen LogP contribution in [-0.2, 0) is 6.54 Å². The molecule has 1 aliphatic heterocycles. The van der Waals surface area contributed by atoms with Gasteiger partial charge in [0.05, 0.1) is 12.2 Å². The van der Waals surface area contributed by atoms with Crippen LogP contribution in [-0.4, -0.2) is 36.2 Å². The summed E-state index contributed by atoms with van der Waals surface area (Å²) in [6, 6.07) is 2.68. The molecular weight excluding hydrogens is 190 g/mol. The molecule has 1 saturated heterocycles. The molecule has 1 N–H and O–H groups in total. The zero-order valence-corrected chi connectivity index (χ0v) is 9.49. The second kappa shape index (κ2) is 4.77. The lowest BCUT2D eigenvalue weighted by Gasteiger charge is -2.22. The Morgan fingerprint density at radius 3 is 3.20 bits per heavy atom. The van der Waals surface area contributed by atoms with Crippen LogP contribution in [0.25, 0.3) is 0 Å². The molecule has 2 heterocycles. The minimum absolute atomic E-state index is 0.653. The Morgan fingerprint density at radius 2 is 2.53 bits per heavy atom. The summed E-state index contributed by atoms with van der Waals surface area (Å²) in [7, 11) is 2.01. The van der Waals surface area contributed by atoms with Crippen LogP contribution in [0.1, 0.15) is 24.3 Å². The van der Waals surface area contributed by atoms with E-state index in [9.17, 15) is 0 Å². The number of aryl methyl sites for hydroxylation is 1. The third kappa shape index (κ3) is 2.58. The molecule has 1 aliphatic rings. The molecular formula is C11H19N3O. The van der Waals surface area contributed by atoms with Crippen LogP contribution in [0.5, 0.6) is 0 Å². The van der Waals surface area contributed by atoms with Crippen LogP contribution in [0.2, 0.25) is 0 Å². The molecule has 0 spiro atoms. The summed E-state index contributed by atoms with van der Waals surface area (Å²) in [5, 5.41) is 7.16. The lowest BCUT2D eigenvalue weighted by atomic mass is 10.2. The molecule has 0 saturated carbocycles. The van der Waals surface area contributed by atoms with Gasteiger partial charge in [0, 0.05) is 18.7 Å². The first kappa shape index (κ1) is 10.6. The van der Waals surface area contributed by atoms with Gasteiger partial charge in [-0.1, -0.05) is 5.16 Å². The Morgan fingerprint density at radius 1 is 1.67 bits per heavy atom. The highest BCUT2D eigenvalue weighted by atomic mass is 16.5. The van der Waals surface area contributed by atoms with Gasteiger partial charge >= 0.3 is 0 Å². The normalized spacial score (nSPS) is 22.4. The zero-order valence-electron chi connectivity index (χ0n) is 9.49. The molecule has 1 aromatic rings. The van der Waals surface area contributed by atoms with E-state index in [1.54, 1.807) is 0 Å². The largest absolute Gasteiger partial charge is 0.360 e. The first-order valence-corrected chi connectivity index (χ1v) is 5.60. The van der Waals surface area contributed by atoms with Gasteiger partial charge in [0.2, 0.25) is 0 Å². The van der Waals surface area contributed by atoms with E-state index in [0.29, 0.717) is 6.04 Å². The Labute approximate surface area is 90.6 Å². The van der Waals surface area contributed by atoms with Crippen LogP contribution >= 0.6 is 0 Å². The van der Waals surface area contributed by atoms with E-state index < -0.39 is 0 Å². The topological polar surface area (TPSA) is 41.3 Å². The quantitative estimate of drug-likeness (QED) is 0.808. The first-order valence-electron chi connectivity index (χ1n) is 5.60. The van der Waals surface area contributed by atoms with Crippen molar-refractivity contribution in [2.45, 2.75) is 32.4 Å². The lowest BCUT2D eigenvalue weighted by Crippen LogP contribution is -2.36. The fourth-order valence-electron chi connectivity index (χ4n) is 2.26. The average Bonchev–Trinajstić information content (AvgIpc) is 2.78. The highest BCUT2D eigenvalue weighted by molar-refractivity contribution is 5.03. The van der Waals surface area contributed by atoms with Crippen LogP contribution in [0.4, 0.5) is 0 Å². The number of nitrogens with zero attached hydrogens (tertiary/aromatic N) is 2. The van der Waals surface area contributed by atoms with Crippen LogP contribution in [0, 0.1) is 6.92 Å². The molecule has 4 nitrogen and oxygen atoms in total. The molecule has 1 aromatic heterocycles. The molecule has 0 radical (unpaired) electrons. The van der Waals surface area contributed by atoms with Crippen LogP contribution < -0.4 is 5.32 Å². The van der Waals surface area contributed by atoms with Gasteiger partial charge in [0.15, 0.2) is 5.76 Å². The predicted octanol–water partition coefficient (Wildman–Crippen LogP) is 1.17. The van der Waals surface area contributed by atoms with Crippen molar-refractivity contribution in [1.29, 1.82) is 0 Å². The number of hydrogen-bond donors (Lipinski definition) is 1. The monoisotopic (exact) mass is 209 g/mol. The summed E-state index contributed by atoms with van der Waals surface area (Å²) in [4.78, 5) is 2.47. The Hall–Kier alpha value is -0.870. The van der Waals surface area contributed by atoms with Gasteiger partial charge in [-0.3, -0.25) is 4.90 Å². The summed E-state index contributed by atoms with van der Waals surface area (Å²) < 4.78 is 5.24. The highest BCUT2D eigenvalue weighted by Crippen LogP contribution is 2.19. The number of aromatic nitrogens is 1. The van der Waals surface area contributed by atoms with Crippen molar-refractivity contribution in [1.82, 2.24) is 15.4 Å². The number of nitrogens with one attached hydrogen (secondary N) is 1. The second-order valence-electron chi connectivity index (χ2n) is 4.26. The van der Waals surface area contributed by atoms with Crippen molar-refractivity contribution in [3.05, 3.63) is 17.5 Å². The van der Waals surface area contributed by atoms with E-state index in [0.717, 1.165) is 24.5 Å². The molecule has 0 amide bonds. The fourth-order valence-corrected chi connectivity index (χ4v) is 2.26. The third-order valence-corrected chi connectivity index (χ3v) is 2.97. The van der Waals surface area contributed by atoms with E-state index in [2.05, 4.69) is 15.4 Å². The number of hydrogen-bond acceptors (Lipinski definition) is 4. The fraction of sp³-hybridized carbons (Fsp3) is 0.727. The molecule has 1 atom stereocenters. The minimum Gasteiger partial charge on any atom is -0.360 e. The van der Waals surface area contributed by atoms with Crippen molar-refractivity contribution < 1.29 is 4.52 Å². The van der Waals surface area contributed by atoms with Crippen LogP contribution in [0.3, 0.4) is 0 Å². The van der Waals surface area contributed by atoms with Gasteiger partial charge < -0.3 is 9.84 Å². The average molecular weight is 209 g/mol. The molecule has 1 fully saturated rings. The predicted molar refractivity (Wildman–Crippen MR) is 58.6 cm³/mol. The molecule has 4 heteroatoms. The summed E-state index contributed by atoms with van der Waals surface area (Å²) in [6.45, 7) is 5.09. The number of rotatable bonds is 4. The van der Waals surface area contributed by atoms with Gasteiger partial charge in [0.25, 0.3) is 0 Å². The Balaban J connectivity index is 1.93. The maximum absolute atomic E-state index is 5.24. The van der Waals surface area contributed by atoms with Crippen LogP contribution in [0.15, 0.2) is 10.6 Å². The second-order valence-corrected chi connectivity index (χ2v) is 4.26. The summed E-state index contributed by atoms with van der Waals surface area (Å²) >= 11 is 0. The SMILES string of the molecule is CNCC1CCCN1Cc1cc(C)no1. The smallest absolute Gasteiger partial charge is 0.150 e. The van der Waals surface area contributed by atoms with Crippen molar-refractivity contribution in [3.63, 3.8) is 0 Å². The molecule has 2 rings (SSSR count). The Kier molecular flexibility index (Phi) is 3.38. The molecule has 0 aromatic carbocycles. The van der Waals surface area contributed by atoms with E-state index in [1.165, 1.54) is 19.4 Å². The first-order chi connectivity index (χ1) is 7.29. The number of likely N-dealkylation sites (N-methyl/N-ethyl adjacent to an activating group) is 1. The molecule has 0 bridgehead atoms. The molecule has 0 aliphatic carbocycles. The van der Waals surface area contributed by atoms with Crippen molar-refractivity contribution in [2.75, 3.05) is 20.1 Å². The van der Waals surface area contributed by atoms with E-state index in [4.69, 9.17) is 4.52 Å². The maximum atomic E-state index is 5.24. The van der Waals surface area contributed by atoms with Gasteiger partial charge in [-0.25, -0.2) is 0 Å². The summed E-state index contributed by atoms with van der Waals surface area (Å²) in [5.41, 5.74) is 0.967. The molecule has 15 heavy (non-hydrogen) atoms. The summed E-state index contributed by atoms with van der Waals surface area (Å²) in [6.07, 6.45) is 2.58. The van der Waals surface area contributed by atoms with E-state index in [1.807, 2.05) is 20.0 Å². The molecule has 1 unspecified atom stereocenters. The van der Waals surface area contributed by atoms with Gasteiger partial charge in [-0.2, -0.15) is 0 Å². The maximum Gasteiger partial charge on any atom is 0.150 e. The Bertz CT molecular complexity index is 311. The highest BCUT2D eigenvalue weighted by Gasteiger charge is 2.24.